The fourth-order valence-electron chi connectivity index (χ4n) is 2.07. The number of hydrogen-bond acceptors (Lipinski definition) is 3. The summed E-state index contributed by atoms with van der Waals surface area (Å²) in [4.78, 5) is 26.7. The molecule has 0 fully saturated rings. The van der Waals surface area contributed by atoms with Crippen LogP contribution in [0.25, 0.3) is 10.8 Å². The van der Waals surface area contributed by atoms with Crippen LogP contribution in [0, 0.1) is 0 Å². The molecule has 110 valence electrons. The van der Waals surface area contributed by atoms with Crippen molar-refractivity contribution in [2.75, 3.05) is 5.32 Å². The summed E-state index contributed by atoms with van der Waals surface area (Å²) in [5.41, 5.74) is 0.642. The van der Waals surface area contributed by atoms with E-state index in [1.165, 1.54) is 0 Å². The molecule has 1 unspecified atom stereocenters. The number of aliphatic carboxylic acids is 1. The number of nitrogens with one attached hydrogen (secondary N) is 2. The van der Waals surface area contributed by atoms with E-state index in [0.717, 1.165) is 10.8 Å². The summed E-state index contributed by atoms with van der Waals surface area (Å²) in [6.07, 6.45) is 3.82. The second kappa shape index (κ2) is 6.69. The Bertz CT molecular complexity index is 652. The molecular formula is C15H17N3O3. The summed E-state index contributed by atoms with van der Waals surface area (Å²) in [5, 5.41) is 16.0. The number of anilines is 1. The number of benzene rings is 1. The molecule has 1 atom stereocenters. The Balaban J connectivity index is 2.09. The molecule has 6 nitrogen and oxygen atoms in total. The van der Waals surface area contributed by atoms with Crippen molar-refractivity contribution >= 4 is 28.5 Å². The minimum absolute atomic E-state index is 0.0962. The van der Waals surface area contributed by atoms with Gasteiger partial charge >= 0.3 is 12.0 Å². The van der Waals surface area contributed by atoms with Crippen molar-refractivity contribution in [3.63, 3.8) is 0 Å². The molecule has 2 rings (SSSR count). The van der Waals surface area contributed by atoms with E-state index in [4.69, 9.17) is 5.11 Å². The van der Waals surface area contributed by atoms with Gasteiger partial charge in [0.15, 0.2) is 0 Å². The Morgan fingerprint density at radius 1 is 1.33 bits per heavy atom. The predicted octanol–water partition coefficient (Wildman–Crippen LogP) is 2.61. The molecule has 6 heteroatoms. The van der Waals surface area contributed by atoms with Gasteiger partial charge in [-0.3, -0.25) is 9.78 Å². The number of aromatic nitrogens is 1. The minimum atomic E-state index is -0.934. The van der Waals surface area contributed by atoms with Crippen molar-refractivity contribution in [2.24, 2.45) is 0 Å². The van der Waals surface area contributed by atoms with Crippen LogP contribution in [0.2, 0.25) is 0 Å². The zero-order valence-electron chi connectivity index (χ0n) is 11.7. The first-order valence-electron chi connectivity index (χ1n) is 6.72. The van der Waals surface area contributed by atoms with Gasteiger partial charge in [-0.05, 0) is 23.9 Å². The normalized spacial score (nSPS) is 11.9. The smallest absolute Gasteiger partial charge is 0.319 e. The van der Waals surface area contributed by atoms with Gasteiger partial charge in [0.1, 0.15) is 0 Å². The second-order valence-corrected chi connectivity index (χ2v) is 4.70. The molecule has 0 spiro atoms. The summed E-state index contributed by atoms with van der Waals surface area (Å²) in [6, 6.07) is 6.60. The number of carbonyl (C=O) groups excluding carboxylic acids is 1. The van der Waals surface area contributed by atoms with Crippen LogP contribution in [0.4, 0.5) is 10.5 Å². The molecule has 1 aromatic heterocycles. The van der Waals surface area contributed by atoms with Crippen molar-refractivity contribution in [1.29, 1.82) is 0 Å². The predicted molar refractivity (Wildman–Crippen MR) is 80.2 cm³/mol. The Morgan fingerprint density at radius 2 is 2.14 bits per heavy atom. The average molecular weight is 287 g/mol. The SMILES string of the molecule is CCC(CC(=O)O)NC(=O)Nc1cccc2ccncc12. The monoisotopic (exact) mass is 287 g/mol. The highest BCUT2D eigenvalue weighted by molar-refractivity contribution is 6.01. The van der Waals surface area contributed by atoms with Crippen molar-refractivity contribution in [1.82, 2.24) is 10.3 Å². The molecule has 0 bridgehead atoms. The van der Waals surface area contributed by atoms with E-state index in [0.29, 0.717) is 12.1 Å². The van der Waals surface area contributed by atoms with Gasteiger partial charge in [0.2, 0.25) is 0 Å². The van der Waals surface area contributed by atoms with Crippen LogP contribution in [-0.4, -0.2) is 28.1 Å². The molecule has 0 aliphatic rings. The molecule has 1 heterocycles. The number of hydrogen-bond donors (Lipinski definition) is 3. The third-order valence-corrected chi connectivity index (χ3v) is 3.18. The molecule has 2 amide bonds. The first-order chi connectivity index (χ1) is 10.1. The standard InChI is InChI=1S/C15H17N3O3/c1-2-11(8-14(19)20)17-15(21)18-13-5-3-4-10-6-7-16-9-12(10)13/h3-7,9,11H,2,8H2,1H3,(H,19,20)(H2,17,18,21). The molecule has 1 aromatic carbocycles. The van der Waals surface area contributed by atoms with Crippen LogP contribution < -0.4 is 10.6 Å². The summed E-state index contributed by atoms with van der Waals surface area (Å²) in [5.74, 6) is -0.934. The van der Waals surface area contributed by atoms with Gasteiger partial charge in [-0.1, -0.05) is 19.1 Å². The van der Waals surface area contributed by atoms with E-state index < -0.39 is 18.0 Å². The number of carboxylic acid groups (broad SMARTS) is 1. The molecule has 3 N–H and O–H groups in total. The lowest BCUT2D eigenvalue weighted by molar-refractivity contribution is -0.137. The first kappa shape index (κ1) is 14.8. The molecule has 2 aromatic rings. The number of carboxylic acids is 1. The van der Waals surface area contributed by atoms with Crippen molar-refractivity contribution in [2.45, 2.75) is 25.8 Å². The lowest BCUT2D eigenvalue weighted by Gasteiger charge is -2.16. The molecule has 21 heavy (non-hydrogen) atoms. The van der Waals surface area contributed by atoms with Gasteiger partial charge < -0.3 is 15.7 Å². The van der Waals surface area contributed by atoms with Crippen LogP contribution >= 0.6 is 0 Å². The van der Waals surface area contributed by atoms with E-state index in [1.807, 2.05) is 25.1 Å². The number of carbonyl (C=O) groups is 2. The third kappa shape index (κ3) is 3.92. The van der Waals surface area contributed by atoms with Crippen LogP contribution in [0.15, 0.2) is 36.7 Å². The van der Waals surface area contributed by atoms with Gasteiger partial charge in [-0.15, -0.1) is 0 Å². The van der Waals surface area contributed by atoms with E-state index in [1.54, 1.807) is 18.5 Å². The highest BCUT2D eigenvalue weighted by atomic mass is 16.4. The molecule has 0 aliphatic heterocycles. The Labute approximate surface area is 122 Å². The maximum Gasteiger partial charge on any atom is 0.319 e. The lowest BCUT2D eigenvalue weighted by atomic mass is 10.1. The Morgan fingerprint density at radius 3 is 2.86 bits per heavy atom. The van der Waals surface area contributed by atoms with Gasteiger partial charge in [0.05, 0.1) is 12.1 Å². The largest absolute Gasteiger partial charge is 0.481 e. The van der Waals surface area contributed by atoms with Crippen LogP contribution in [0.3, 0.4) is 0 Å². The highest BCUT2D eigenvalue weighted by Crippen LogP contribution is 2.21. The van der Waals surface area contributed by atoms with Gasteiger partial charge in [0.25, 0.3) is 0 Å². The summed E-state index contributed by atoms with van der Waals surface area (Å²) in [6.45, 7) is 1.83. The molecule has 0 saturated heterocycles. The maximum atomic E-state index is 12.0. The number of amides is 2. The summed E-state index contributed by atoms with van der Waals surface area (Å²) in [7, 11) is 0. The van der Waals surface area contributed by atoms with Crippen LogP contribution in [0.5, 0.6) is 0 Å². The van der Waals surface area contributed by atoms with Crippen molar-refractivity contribution in [3.05, 3.63) is 36.7 Å². The molecule has 0 aliphatic carbocycles. The number of nitrogens with zero attached hydrogens (tertiary/aromatic N) is 1. The molecule has 0 saturated carbocycles. The van der Waals surface area contributed by atoms with E-state index in [9.17, 15) is 9.59 Å². The zero-order valence-corrected chi connectivity index (χ0v) is 11.7. The van der Waals surface area contributed by atoms with Crippen LogP contribution in [0.1, 0.15) is 19.8 Å². The first-order valence-corrected chi connectivity index (χ1v) is 6.72. The number of pyridine rings is 1. The quantitative estimate of drug-likeness (QED) is 0.788. The summed E-state index contributed by atoms with van der Waals surface area (Å²) < 4.78 is 0. The zero-order chi connectivity index (χ0) is 15.2. The van der Waals surface area contributed by atoms with Gasteiger partial charge in [-0.25, -0.2) is 4.79 Å². The molecular weight excluding hydrogens is 270 g/mol. The van der Waals surface area contributed by atoms with E-state index in [-0.39, 0.29) is 6.42 Å². The summed E-state index contributed by atoms with van der Waals surface area (Å²) >= 11 is 0. The highest BCUT2D eigenvalue weighted by Gasteiger charge is 2.14. The number of urea groups is 1. The van der Waals surface area contributed by atoms with Crippen LogP contribution in [-0.2, 0) is 4.79 Å². The fraction of sp³-hybridized carbons (Fsp3) is 0.267. The topological polar surface area (TPSA) is 91.3 Å². The fourth-order valence-corrected chi connectivity index (χ4v) is 2.07. The van der Waals surface area contributed by atoms with E-state index in [2.05, 4.69) is 15.6 Å². The third-order valence-electron chi connectivity index (χ3n) is 3.18. The average Bonchev–Trinajstić information content (AvgIpc) is 2.46. The number of fused-ring (bicyclic) bond motifs is 1. The van der Waals surface area contributed by atoms with Gasteiger partial charge in [-0.2, -0.15) is 0 Å². The van der Waals surface area contributed by atoms with Crippen molar-refractivity contribution < 1.29 is 14.7 Å². The maximum absolute atomic E-state index is 12.0. The number of rotatable bonds is 5. The van der Waals surface area contributed by atoms with Gasteiger partial charge in [0, 0.05) is 23.8 Å². The molecule has 0 radical (unpaired) electrons. The lowest BCUT2D eigenvalue weighted by Crippen LogP contribution is -2.38. The van der Waals surface area contributed by atoms with Crippen molar-refractivity contribution in [3.8, 4) is 0 Å². The second-order valence-electron chi connectivity index (χ2n) is 4.70. The van der Waals surface area contributed by atoms with E-state index >= 15 is 0 Å². The Hall–Kier alpha value is -2.63. The Kier molecular flexibility index (Phi) is 4.71. The minimum Gasteiger partial charge on any atom is -0.481 e.